The summed E-state index contributed by atoms with van der Waals surface area (Å²) in [5, 5.41) is 2.76. The summed E-state index contributed by atoms with van der Waals surface area (Å²) in [5.41, 5.74) is 0.279. The van der Waals surface area contributed by atoms with Crippen LogP contribution in [0.2, 0.25) is 5.02 Å². The topological polar surface area (TPSA) is 32.3 Å². The molecule has 2 amide bonds. The number of hydrogen-bond acceptors (Lipinski definition) is 1. The number of para-hydroxylation sites is 1. The highest BCUT2D eigenvalue weighted by Crippen LogP contribution is 2.27. The predicted octanol–water partition coefficient (Wildman–Crippen LogP) is 4.84. The monoisotopic (exact) mass is 324 g/mol. The maximum Gasteiger partial charge on any atom is 0.322 e. The molecular formula is C16H15ClF2N2O. The van der Waals surface area contributed by atoms with Gasteiger partial charge in [-0.15, -0.1) is 0 Å². The molecule has 0 radical (unpaired) electrons. The minimum Gasteiger partial charge on any atom is -0.321 e. The van der Waals surface area contributed by atoms with Gasteiger partial charge in [-0.1, -0.05) is 35.9 Å². The van der Waals surface area contributed by atoms with E-state index in [2.05, 4.69) is 5.32 Å². The number of rotatable bonds is 3. The SMILES string of the molecule is CC(c1ccccc1Cl)N(C)C(=O)Nc1c(F)cccc1F. The molecule has 2 rings (SSSR count). The zero-order chi connectivity index (χ0) is 16.3. The molecule has 2 aromatic rings. The molecule has 0 aliphatic rings. The van der Waals surface area contributed by atoms with Crippen LogP contribution in [0.25, 0.3) is 0 Å². The van der Waals surface area contributed by atoms with Gasteiger partial charge in [0.1, 0.15) is 17.3 Å². The molecule has 0 aliphatic heterocycles. The maximum absolute atomic E-state index is 13.6. The molecule has 0 bridgehead atoms. The molecule has 0 heterocycles. The average Bonchev–Trinajstić information content (AvgIpc) is 2.50. The summed E-state index contributed by atoms with van der Waals surface area (Å²) >= 11 is 6.10. The van der Waals surface area contributed by atoms with Crippen molar-refractivity contribution in [3.63, 3.8) is 0 Å². The van der Waals surface area contributed by atoms with Crippen LogP contribution in [0.4, 0.5) is 19.3 Å². The Kier molecular flexibility index (Phi) is 4.98. The smallest absolute Gasteiger partial charge is 0.321 e. The number of benzene rings is 2. The fraction of sp³-hybridized carbons (Fsp3) is 0.188. The molecule has 1 N–H and O–H groups in total. The van der Waals surface area contributed by atoms with Crippen LogP contribution in [0.1, 0.15) is 18.5 Å². The van der Waals surface area contributed by atoms with Crippen molar-refractivity contribution in [1.82, 2.24) is 4.90 Å². The highest BCUT2D eigenvalue weighted by Gasteiger charge is 2.21. The van der Waals surface area contributed by atoms with Crippen molar-refractivity contribution in [2.24, 2.45) is 0 Å². The van der Waals surface area contributed by atoms with Gasteiger partial charge in [0.2, 0.25) is 0 Å². The van der Waals surface area contributed by atoms with E-state index in [1.54, 1.807) is 31.2 Å². The normalized spacial score (nSPS) is 11.9. The van der Waals surface area contributed by atoms with Gasteiger partial charge in [0, 0.05) is 12.1 Å². The second-order valence-electron chi connectivity index (χ2n) is 4.84. The van der Waals surface area contributed by atoms with Crippen molar-refractivity contribution >= 4 is 23.3 Å². The Labute approximate surface area is 132 Å². The Morgan fingerprint density at radius 1 is 1.14 bits per heavy atom. The van der Waals surface area contributed by atoms with Crippen LogP contribution in [-0.2, 0) is 0 Å². The molecular weight excluding hydrogens is 310 g/mol. The van der Waals surface area contributed by atoms with E-state index in [0.29, 0.717) is 5.02 Å². The predicted molar refractivity (Wildman–Crippen MR) is 83.0 cm³/mol. The van der Waals surface area contributed by atoms with Crippen LogP contribution in [0.5, 0.6) is 0 Å². The van der Waals surface area contributed by atoms with Gasteiger partial charge < -0.3 is 10.2 Å². The van der Waals surface area contributed by atoms with Gasteiger partial charge in [-0.25, -0.2) is 13.6 Å². The number of anilines is 1. The highest BCUT2D eigenvalue weighted by atomic mass is 35.5. The summed E-state index contributed by atoms with van der Waals surface area (Å²) in [6.07, 6.45) is 0. The van der Waals surface area contributed by atoms with Crippen molar-refractivity contribution < 1.29 is 13.6 Å². The van der Waals surface area contributed by atoms with Crippen molar-refractivity contribution in [3.8, 4) is 0 Å². The first-order valence-electron chi connectivity index (χ1n) is 6.64. The molecule has 3 nitrogen and oxygen atoms in total. The number of carbonyl (C=O) groups is 1. The van der Waals surface area contributed by atoms with Gasteiger partial charge in [0.25, 0.3) is 0 Å². The number of urea groups is 1. The van der Waals surface area contributed by atoms with Crippen molar-refractivity contribution in [1.29, 1.82) is 0 Å². The van der Waals surface area contributed by atoms with Crippen LogP contribution in [0.15, 0.2) is 42.5 Å². The van der Waals surface area contributed by atoms with Gasteiger partial charge >= 0.3 is 6.03 Å². The van der Waals surface area contributed by atoms with Crippen LogP contribution >= 0.6 is 11.6 Å². The number of amides is 2. The van der Waals surface area contributed by atoms with E-state index in [0.717, 1.165) is 17.7 Å². The molecule has 0 fully saturated rings. The number of halogens is 3. The largest absolute Gasteiger partial charge is 0.322 e. The zero-order valence-corrected chi connectivity index (χ0v) is 12.9. The fourth-order valence-corrected chi connectivity index (χ4v) is 2.30. The summed E-state index contributed by atoms with van der Waals surface area (Å²) in [5.74, 6) is -1.65. The lowest BCUT2D eigenvalue weighted by Gasteiger charge is -2.26. The third-order valence-corrected chi connectivity index (χ3v) is 3.80. The second-order valence-corrected chi connectivity index (χ2v) is 5.24. The van der Waals surface area contributed by atoms with Crippen LogP contribution in [0, 0.1) is 11.6 Å². The lowest BCUT2D eigenvalue weighted by Crippen LogP contribution is -2.34. The first kappa shape index (κ1) is 16.2. The number of hydrogen-bond donors (Lipinski definition) is 1. The van der Waals surface area contributed by atoms with Crippen LogP contribution in [-0.4, -0.2) is 18.0 Å². The number of carbonyl (C=O) groups excluding carboxylic acids is 1. The third kappa shape index (κ3) is 3.36. The Balaban J connectivity index is 2.17. The highest BCUT2D eigenvalue weighted by molar-refractivity contribution is 6.31. The van der Waals surface area contributed by atoms with Gasteiger partial charge in [-0.05, 0) is 30.7 Å². The molecule has 6 heteroatoms. The van der Waals surface area contributed by atoms with E-state index in [1.165, 1.54) is 18.0 Å². The fourth-order valence-electron chi connectivity index (χ4n) is 2.01. The van der Waals surface area contributed by atoms with Crippen molar-refractivity contribution in [3.05, 3.63) is 64.7 Å². The van der Waals surface area contributed by atoms with Gasteiger partial charge in [0.15, 0.2) is 0 Å². The summed E-state index contributed by atoms with van der Waals surface area (Å²) in [7, 11) is 1.53. The molecule has 0 saturated heterocycles. The standard InChI is InChI=1S/C16H15ClF2N2O/c1-10(11-6-3-4-7-12(11)17)21(2)16(22)20-15-13(18)8-5-9-14(15)19/h3-10H,1-2H3,(H,20,22). The summed E-state index contributed by atoms with van der Waals surface area (Å²) < 4.78 is 27.1. The first-order chi connectivity index (χ1) is 10.4. The molecule has 1 unspecified atom stereocenters. The van der Waals surface area contributed by atoms with Gasteiger partial charge in [-0.3, -0.25) is 0 Å². The quantitative estimate of drug-likeness (QED) is 0.860. The Morgan fingerprint density at radius 3 is 2.32 bits per heavy atom. The molecule has 2 aromatic carbocycles. The maximum atomic E-state index is 13.6. The lowest BCUT2D eigenvalue weighted by molar-refractivity contribution is 0.208. The number of nitrogens with zero attached hydrogens (tertiary/aromatic N) is 1. The summed E-state index contributed by atoms with van der Waals surface area (Å²) in [4.78, 5) is 13.5. The van der Waals surface area contributed by atoms with E-state index in [1.807, 2.05) is 0 Å². The number of nitrogens with one attached hydrogen (secondary N) is 1. The summed E-state index contributed by atoms with van der Waals surface area (Å²) in [6.45, 7) is 1.78. The minimum absolute atomic E-state index is 0.358. The lowest BCUT2D eigenvalue weighted by atomic mass is 10.1. The van der Waals surface area contributed by atoms with E-state index < -0.39 is 23.4 Å². The van der Waals surface area contributed by atoms with Gasteiger partial charge in [0.05, 0.1) is 6.04 Å². The average molecular weight is 325 g/mol. The van der Waals surface area contributed by atoms with Crippen molar-refractivity contribution in [2.45, 2.75) is 13.0 Å². The second kappa shape index (κ2) is 6.75. The van der Waals surface area contributed by atoms with E-state index >= 15 is 0 Å². The first-order valence-corrected chi connectivity index (χ1v) is 7.02. The molecule has 0 aromatic heterocycles. The molecule has 22 heavy (non-hydrogen) atoms. The van der Waals surface area contributed by atoms with E-state index in [-0.39, 0.29) is 6.04 Å². The Bertz CT molecular complexity index is 673. The van der Waals surface area contributed by atoms with E-state index in [4.69, 9.17) is 11.6 Å². The Hall–Kier alpha value is -2.14. The van der Waals surface area contributed by atoms with Crippen LogP contribution < -0.4 is 5.32 Å². The van der Waals surface area contributed by atoms with Crippen LogP contribution in [0.3, 0.4) is 0 Å². The molecule has 0 aliphatic carbocycles. The van der Waals surface area contributed by atoms with Crippen molar-refractivity contribution in [2.75, 3.05) is 12.4 Å². The molecule has 0 saturated carbocycles. The molecule has 116 valence electrons. The summed E-state index contributed by atoms with van der Waals surface area (Å²) in [6, 6.07) is 9.51. The zero-order valence-electron chi connectivity index (χ0n) is 12.1. The minimum atomic E-state index is -0.827. The molecule has 1 atom stereocenters. The molecule has 0 spiro atoms. The Morgan fingerprint density at radius 2 is 1.73 bits per heavy atom. The van der Waals surface area contributed by atoms with E-state index in [9.17, 15) is 13.6 Å². The van der Waals surface area contributed by atoms with Gasteiger partial charge in [-0.2, -0.15) is 0 Å². The third-order valence-electron chi connectivity index (χ3n) is 3.45.